The van der Waals surface area contributed by atoms with Crippen molar-refractivity contribution in [2.75, 3.05) is 14.1 Å². The smallest absolute Gasteiger partial charge is 0.238 e. The molecule has 0 aliphatic carbocycles. The zero-order valence-corrected chi connectivity index (χ0v) is 12.3. The first-order chi connectivity index (χ1) is 8.20. The van der Waals surface area contributed by atoms with E-state index < -0.39 is 0 Å². The molecule has 18 heavy (non-hydrogen) atoms. The molecule has 3 heteroatoms. The summed E-state index contributed by atoms with van der Waals surface area (Å²) < 4.78 is 0. The zero-order valence-electron chi connectivity index (χ0n) is 12.3. The Morgan fingerprint density at radius 1 is 1.28 bits per heavy atom. The number of rotatable bonds is 3. The molecule has 0 saturated carbocycles. The molecule has 1 N–H and O–H groups in total. The Kier molecular flexibility index (Phi) is 4.52. The van der Waals surface area contributed by atoms with Crippen LogP contribution in [0.4, 0.5) is 0 Å². The predicted molar refractivity (Wildman–Crippen MR) is 75.4 cm³/mol. The molecule has 0 radical (unpaired) electrons. The molecule has 0 unspecified atom stereocenters. The molecule has 0 atom stereocenters. The van der Waals surface area contributed by atoms with Crippen molar-refractivity contribution in [2.24, 2.45) is 0 Å². The number of benzene rings is 1. The Hall–Kier alpha value is -1.35. The molecule has 0 fully saturated rings. The first-order valence-electron chi connectivity index (χ1n) is 6.27. The molecule has 1 aromatic rings. The molecule has 1 rings (SSSR count). The fourth-order valence-corrected chi connectivity index (χ4v) is 1.82. The molecule has 0 spiro atoms. The van der Waals surface area contributed by atoms with Gasteiger partial charge < -0.3 is 0 Å². The lowest BCUT2D eigenvalue weighted by atomic mass is 9.85. The quantitative estimate of drug-likeness (QED) is 0.833. The standard InChI is InChI=1S/C15H24N2O/c1-11-9-13(15(2,3)4)8-7-12(11)10-14(18)16-17(5)6/h7-9H,10H2,1-6H3,(H,16,18). The van der Waals surface area contributed by atoms with Crippen molar-refractivity contribution in [2.45, 2.75) is 39.5 Å². The van der Waals surface area contributed by atoms with Gasteiger partial charge >= 0.3 is 0 Å². The van der Waals surface area contributed by atoms with Crippen LogP contribution in [0.15, 0.2) is 18.2 Å². The fraction of sp³-hybridized carbons (Fsp3) is 0.533. The number of aryl methyl sites for hydroxylation is 1. The number of amides is 1. The maximum atomic E-state index is 11.7. The minimum atomic E-state index is 0.0200. The van der Waals surface area contributed by atoms with Gasteiger partial charge in [0.15, 0.2) is 0 Å². The highest BCUT2D eigenvalue weighted by atomic mass is 16.2. The average Bonchev–Trinajstić information content (AvgIpc) is 2.18. The molecule has 0 aliphatic heterocycles. The summed E-state index contributed by atoms with van der Waals surface area (Å²) in [5.74, 6) is 0.0200. The van der Waals surface area contributed by atoms with Gasteiger partial charge in [-0.3, -0.25) is 10.2 Å². The molecular weight excluding hydrogens is 224 g/mol. The highest BCUT2D eigenvalue weighted by molar-refractivity contribution is 5.78. The van der Waals surface area contributed by atoms with E-state index in [1.807, 2.05) is 14.1 Å². The summed E-state index contributed by atoms with van der Waals surface area (Å²) in [5.41, 5.74) is 6.47. The molecule has 100 valence electrons. The Morgan fingerprint density at radius 3 is 2.33 bits per heavy atom. The average molecular weight is 248 g/mol. The van der Waals surface area contributed by atoms with Crippen molar-refractivity contribution in [3.05, 3.63) is 34.9 Å². The van der Waals surface area contributed by atoms with Crippen LogP contribution in [0.25, 0.3) is 0 Å². The highest BCUT2D eigenvalue weighted by Gasteiger charge is 2.15. The molecule has 0 bridgehead atoms. The van der Waals surface area contributed by atoms with E-state index >= 15 is 0 Å². The lowest BCUT2D eigenvalue weighted by Gasteiger charge is -2.20. The van der Waals surface area contributed by atoms with E-state index in [1.54, 1.807) is 5.01 Å². The Labute approximate surface area is 110 Å². The number of hydrazine groups is 1. The van der Waals surface area contributed by atoms with E-state index in [0.29, 0.717) is 6.42 Å². The van der Waals surface area contributed by atoms with Crippen LogP contribution < -0.4 is 5.43 Å². The monoisotopic (exact) mass is 248 g/mol. The van der Waals surface area contributed by atoms with Crippen LogP contribution in [0.1, 0.15) is 37.5 Å². The lowest BCUT2D eigenvalue weighted by molar-refractivity contribution is -0.124. The van der Waals surface area contributed by atoms with E-state index in [1.165, 1.54) is 11.1 Å². The second-order valence-electron chi connectivity index (χ2n) is 6.00. The van der Waals surface area contributed by atoms with Gasteiger partial charge in [-0.2, -0.15) is 0 Å². The third-order valence-electron chi connectivity index (χ3n) is 2.91. The maximum Gasteiger partial charge on any atom is 0.238 e. The largest absolute Gasteiger partial charge is 0.289 e. The summed E-state index contributed by atoms with van der Waals surface area (Å²) in [6.45, 7) is 8.65. The first-order valence-corrected chi connectivity index (χ1v) is 6.27. The summed E-state index contributed by atoms with van der Waals surface area (Å²) >= 11 is 0. The van der Waals surface area contributed by atoms with Crippen molar-refractivity contribution in [1.29, 1.82) is 0 Å². The van der Waals surface area contributed by atoms with Gasteiger partial charge in [0.05, 0.1) is 6.42 Å². The van der Waals surface area contributed by atoms with E-state index in [0.717, 1.165) is 5.56 Å². The predicted octanol–water partition coefficient (Wildman–Crippen LogP) is 2.43. The third kappa shape index (κ3) is 4.15. The number of nitrogens with one attached hydrogen (secondary N) is 1. The fourth-order valence-electron chi connectivity index (χ4n) is 1.82. The molecule has 1 amide bonds. The number of hydrogen-bond acceptors (Lipinski definition) is 2. The van der Waals surface area contributed by atoms with E-state index in [2.05, 4.69) is 51.3 Å². The van der Waals surface area contributed by atoms with Gasteiger partial charge in [-0.25, -0.2) is 5.01 Å². The maximum absolute atomic E-state index is 11.7. The SMILES string of the molecule is Cc1cc(C(C)(C)C)ccc1CC(=O)NN(C)C. The lowest BCUT2D eigenvalue weighted by Crippen LogP contribution is -2.37. The van der Waals surface area contributed by atoms with Crippen LogP contribution in [-0.2, 0) is 16.6 Å². The Bertz CT molecular complexity index is 431. The van der Waals surface area contributed by atoms with Crippen molar-refractivity contribution in [3.8, 4) is 0 Å². The summed E-state index contributed by atoms with van der Waals surface area (Å²) in [4.78, 5) is 11.7. The minimum Gasteiger partial charge on any atom is -0.289 e. The minimum absolute atomic E-state index is 0.0200. The zero-order chi connectivity index (χ0) is 13.9. The van der Waals surface area contributed by atoms with Gasteiger partial charge in [0.1, 0.15) is 0 Å². The van der Waals surface area contributed by atoms with Gasteiger partial charge in [0, 0.05) is 14.1 Å². The molecule has 0 heterocycles. The van der Waals surface area contributed by atoms with Crippen molar-refractivity contribution in [1.82, 2.24) is 10.4 Å². The van der Waals surface area contributed by atoms with Crippen molar-refractivity contribution in [3.63, 3.8) is 0 Å². The summed E-state index contributed by atoms with van der Waals surface area (Å²) in [5, 5.41) is 1.67. The Balaban J connectivity index is 2.84. The van der Waals surface area contributed by atoms with Gasteiger partial charge in [-0.15, -0.1) is 0 Å². The number of carbonyl (C=O) groups is 1. The number of carbonyl (C=O) groups excluding carboxylic acids is 1. The second kappa shape index (κ2) is 5.53. The summed E-state index contributed by atoms with van der Waals surface area (Å²) in [6, 6.07) is 6.36. The molecule has 1 aromatic carbocycles. The van der Waals surface area contributed by atoms with Gasteiger partial charge in [-0.05, 0) is 29.0 Å². The molecular formula is C15H24N2O. The van der Waals surface area contributed by atoms with Crippen molar-refractivity contribution >= 4 is 5.91 Å². The van der Waals surface area contributed by atoms with E-state index in [9.17, 15) is 4.79 Å². The van der Waals surface area contributed by atoms with Crippen molar-refractivity contribution < 1.29 is 4.79 Å². The van der Waals surface area contributed by atoms with Crippen LogP contribution in [0.2, 0.25) is 0 Å². The molecule has 0 saturated heterocycles. The molecule has 3 nitrogen and oxygen atoms in total. The van der Waals surface area contributed by atoms with Gasteiger partial charge in [-0.1, -0.05) is 39.0 Å². The highest BCUT2D eigenvalue weighted by Crippen LogP contribution is 2.24. The first kappa shape index (κ1) is 14.7. The van der Waals surface area contributed by atoms with Crippen LogP contribution in [0.3, 0.4) is 0 Å². The van der Waals surface area contributed by atoms with Crippen LogP contribution in [0.5, 0.6) is 0 Å². The Morgan fingerprint density at radius 2 is 1.89 bits per heavy atom. The summed E-state index contributed by atoms with van der Waals surface area (Å²) in [6.07, 6.45) is 0.425. The normalized spacial score (nSPS) is 11.7. The molecule has 0 aromatic heterocycles. The van der Waals surface area contributed by atoms with Crippen LogP contribution in [0, 0.1) is 6.92 Å². The van der Waals surface area contributed by atoms with E-state index in [-0.39, 0.29) is 11.3 Å². The van der Waals surface area contributed by atoms with Crippen LogP contribution in [-0.4, -0.2) is 25.0 Å². The summed E-state index contributed by atoms with van der Waals surface area (Å²) in [7, 11) is 3.63. The number of hydrogen-bond donors (Lipinski definition) is 1. The van der Waals surface area contributed by atoms with Crippen LogP contribution >= 0.6 is 0 Å². The third-order valence-corrected chi connectivity index (χ3v) is 2.91. The van der Waals surface area contributed by atoms with E-state index in [4.69, 9.17) is 0 Å². The van der Waals surface area contributed by atoms with Gasteiger partial charge in [0.25, 0.3) is 0 Å². The molecule has 0 aliphatic rings. The topological polar surface area (TPSA) is 32.3 Å². The van der Waals surface area contributed by atoms with Gasteiger partial charge in [0.2, 0.25) is 5.91 Å². The second-order valence-corrected chi connectivity index (χ2v) is 6.00. The number of nitrogens with zero attached hydrogens (tertiary/aromatic N) is 1.